The van der Waals surface area contributed by atoms with Crippen molar-refractivity contribution in [1.29, 1.82) is 0 Å². The molecule has 0 heterocycles. The number of hydrogen-bond donors (Lipinski definition) is 2. The molecule has 0 amide bonds. The first kappa shape index (κ1) is 13.1. The van der Waals surface area contributed by atoms with Crippen LogP contribution < -0.4 is 11.3 Å². The third-order valence-corrected chi connectivity index (χ3v) is 2.71. The molecule has 0 atom stereocenters. The van der Waals surface area contributed by atoms with Gasteiger partial charge in [-0.15, -0.1) is 0 Å². The van der Waals surface area contributed by atoms with E-state index in [1.165, 1.54) is 0 Å². The van der Waals surface area contributed by atoms with Gasteiger partial charge in [0.2, 0.25) is 0 Å². The SMILES string of the molecule is NNc1ccc(CC(=O)OCc2ccccc2)cc1. The molecule has 3 N–H and O–H groups in total. The molecule has 2 aromatic carbocycles. The maximum absolute atomic E-state index is 11.7. The molecule has 0 bridgehead atoms. The van der Waals surface area contributed by atoms with Gasteiger partial charge in [-0.05, 0) is 23.3 Å². The topological polar surface area (TPSA) is 64.3 Å². The molecule has 0 aliphatic carbocycles. The van der Waals surface area contributed by atoms with E-state index in [-0.39, 0.29) is 12.4 Å². The Labute approximate surface area is 112 Å². The molecule has 0 saturated carbocycles. The van der Waals surface area contributed by atoms with Gasteiger partial charge in [0.1, 0.15) is 6.61 Å². The number of rotatable bonds is 5. The van der Waals surface area contributed by atoms with Crippen molar-refractivity contribution >= 4 is 11.7 Å². The van der Waals surface area contributed by atoms with Gasteiger partial charge in [-0.3, -0.25) is 10.6 Å². The summed E-state index contributed by atoms with van der Waals surface area (Å²) in [6.07, 6.45) is 0.262. The summed E-state index contributed by atoms with van der Waals surface area (Å²) in [5.41, 5.74) is 5.23. The van der Waals surface area contributed by atoms with E-state index in [2.05, 4.69) is 5.43 Å². The second-order valence-electron chi connectivity index (χ2n) is 4.16. The zero-order valence-corrected chi connectivity index (χ0v) is 10.5. The lowest BCUT2D eigenvalue weighted by Crippen LogP contribution is -2.09. The normalized spacial score (nSPS) is 9.95. The number of esters is 1. The number of anilines is 1. The Bertz CT molecular complexity index is 524. The molecular formula is C15H16N2O2. The van der Waals surface area contributed by atoms with Crippen LogP contribution in [0.3, 0.4) is 0 Å². The molecule has 19 heavy (non-hydrogen) atoms. The maximum atomic E-state index is 11.7. The number of hydrogen-bond acceptors (Lipinski definition) is 4. The molecule has 0 saturated heterocycles. The minimum atomic E-state index is -0.239. The molecule has 2 aromatic rings. The van der Waals surface area contributed by atoms with Gasteiger partial charge < -0.3 is 10.2 Å². The number of nitrogen functional groups attached to an aromatic ring is 1. The number of nitrogens with one attached hydrogen (secondary N) is 1. The summed E-state index contributed by atoms with van der Waals surface area (Å²) in [4.78, 5) is 11.7. The summed E-state index contributed by atoms with van der Waals surface area (Å²) in [6.45, 7) is 0.308. The van der Waals surface area contributed by atoms with E-state index in [4.69, 9.17) is 10.6 Å². The van der Waals surface area contributed by atoms with Gasteiger partial charge in [0.25, 0.3) is 0 Å². The van der Waals surface area contributed by atoms with Crippen LogP contribution in [0.25, 0.3) is 0 Å². The summed E-state index contributed by atoms with van der Waals surface area (Å²) < 4.78 is 5.21. The summed E-state index contributed by atoms with van der Waals surface area (Å²) in [5.74, 6) is 5.03. The van der Waals surface area contributed by atoms with Crippen molar-refractivity contribution in [2.75, 3.05) is 5.43 Å². The van der Waals surface area contributed by atoms with Crippen molar-refractivity contribution in [2.45, 2.75) is 13.0 Å². The fraction of sp³-hybridized carbons (Fsp3) is 0.133. The van der Waals surface area contributed by atoms with Gasteiger partial charge in [0.15, 0.2) is 0 Å². The van der Waals surface area contributed by atoms with Crippen LogP contribution in [0.15, 0.2) is 54.6 Å². The smallest absolute Gasteiger partial charge is 0.310 e. The first-order valence-corrected chi connectivity index (χ1v) is 6.03. The van der Waals surface area contributed by atoms with Crippen LogP contribution in [0.5, 0.6) is 0 Å². The highest BCUT2D eigenvalue weighted by molar-refractivity contribution is 5.72. The third kappa shape index (κ3) is 4.12. The van der Waals surface area contributed by atoms with E-state index in [0.717, 1.165) is 16.8 Å². The second kappa shape index (κ2) is 6.56. The molecular weight excluding hydrogens is 240 g/mol. The number of carbonyl (C=O) groups excluding carboxylic acids is 1. The quantitative estimate of drug-likeness (QED) is 0.489. The van der Waals surface area contributed by atoms with Gasteiger partial charge in [0.05, 0.1) is 6.42 Å². The largest absolute Gasteiger partial charge is 0.461 e. The van der Waals surface area contributed by atoms with Crippen molar-refractivity contribution in [2.24, 2.45) is 5.84 Å². The van der Waals surface area contributed by atoms with Crippen molar-refractivity contribution < 1.29 is 9.53 Å². The Kier molecular flexibility index (Phi) is 4.53. The van der Waals surface area contributed by atoms with Crippen LogP contribution >= 0.6 is 0 Å². The molecule has 0 unspecified atom stereocenters. The first-order chi connectivity index (χ1) is 9.28. The molecule has 0 fully saturated rings. The Balaban J connectivity index is 1.83. The first-order valence-electron chi connectivity index (χ1n) is 6.03. The van der Waals surface area contributed by atoms with Gasteiger partial charge in [-0.25, -0.2) is 0 Å². The van der Waals surface area contributed by atoms with Gasteiger partial charge >= 0.3 is 5.97 Å². The predicted molar refractivity (Wildman–Crippen MR) is 74.2 cm³/mol. The lowest BCUT2D eigenvalue weighted by Gasteiger charge is -2.06. The lowest BCUT2D eigenvalue weighted by molar-refractivity contribution is -0.144. The van der Waals surface area contributed by atoms with E-state index in [9.17, 15) is 4.79 Å². The van der Waals surface area contributed by atoms with Crippen LogP contribution in [-0.4, -0.2) is 5.97 Å². The number of nitrogens with two attached hydrogens (primary N) is 1. The minimum absolute atomic E-state index is 0.239. The zero-order valence-electron chi connectivity index (χ0n) is 10.5. The fourth-order valence-corrected chi connectivity index (χ4v) is 1.67. The molecule has 4 nitrogen and oxygen atoms in total. The lowest BCUT2D eigenvalue weighted by atomic mass is 10.1. The van der Waals surface area contributed by atoms with Crippen LogP contribution in [0.2, 0.25) is 0 Å². The van der Waals surface area contributed by atoms with E-state index < -0.39 is 0 Å². The number of ether oxygens (including phenoxy) is 1. The molecule has 0 aromatic heterocycles. The fourth-order valence-electron chi connectivity index (χ4n) is 1.67. The van der Waals surface area contributed by atoms with Crippen molar-refractivity contribution in [3.05, 3.63) is 65.7 Å². The third-order valence-electron chi connectivity index (χ3n) is 2.71. The van der Waals surface area contributed by atoms with Gasteiger partial charge in [-0.2, -0.15) is 0 Å². The predicted octanol–water partition coefficient (Wildman–Crippen LogP) is 2.26. The van der Waals surface area contributed by atoms with E-state index in [1.54, 1.807) is 0 Å². The Hall–Kier alpha value is -2.33. The summed E-state index contributed by atoms with van der Waals surface area (Å²) in [6, 6.07) is 16.9. The van der Waals surface area contributed by atoms with Gasteiger partial charge in [-0.1, -0.05) is 42.5 Å². The number of carbonyl (C=O) groups is 1. The number of hydrazine groups is 1. The molecule has 0 aliphatic rings. The highest BCUT2D eigenvalue weighted by Gasteiger charge is 2.05. The monoisotopic (exact) mass is 256 g/mol. The molecule has 4 heteroatoms. The highest BCUT2D eigenvalue weighted by atomic mass is 16.5. The molecule has 0 aliphatic heterocycles. The summed E-state index contributed by atoms with van der Waals surface area (Å²) in [7, 11) is 0. The van der Waals surface area contributed by atoms with Crippen LogP contribution in [0, 0.1) is 0 Å². The van der Waals surface area contributed by atoms with Crippen LogP contribution in [0.4, 0.5) is 5.69 Å². The minimum Gasteiger partial charge on any atom is -0.461 e. The molecule has 98 valence electrons. The van der Waals surface area contributed by atoms with Crippen molar-refractivity contribution in [3.8, 4) is 0 Å². The standard InChI is InChI=1S/C15H16N2O2/c16-17-14-8-6-12(7-9-14)10-15(18)19-11-13-4-2-1-3-5-13/h1-9,17H,10-11,16H2. The van der Waals surface area contributed by atoms with E-state index in [1.807, 2.05) is 54.6 Å². The highest BCUT2D eigenvalue weighted by Crippen LogP contribution is 2.09. The van der Waals surface area contributed by atoms with Crippen molar-refractivity contribution in [1.82, 2.24) is 0 Å². The van der Waals surface area contributed by atoms with Crippen molar-refractivity contribution in [3.63, 3.8) is 0 Å². The Morgan fingerprint density at radius 1 is 1.00 bits per heavy atom. The molecule has 2 rings (SSSR count). The maximum Gasteiger partial charge on any atom is 0.310 e. The average molecular weight is 256 g/mol. The van der Waals surface area contributed by atoms with Crippen LogP contribution in [0.1, 0.15) is 11.1 Å². The zero-order chi connectivity index (χ0) is 13.5. The second-order valence-corrected chi connectivity index (χ2v) is 4.16. The average Bonchev–Trinajstić information content (AvgIpc) is 2.47. The Morgan fingerprint density at radius 2 is 1.68 bits per heavy atom. The van der Waals surface area contributed by atoms with E-state index >= 15 is 0 Å². The molecule has 0 spiro atoms. The number of benzene rings is 2. The van der Waals surface area contributed by atoms with Crippen LogP contribution in [-0.2, 0) is 22.6 Å². The summed E-state index contributed by atoms with van der Waals surface area (Å²) >= 11 is 0. The Morgan fingerprint density at radius 3 is 2.32 bits per heavy atom. The van der Waals surface area contributed by atoms with E-state index in [0.29, 0.717) is 6.61 Å². The summed E-state index contributed by atoms with van der Waals surface area (Å²) in [5, 5.41) is 0. The molecule has 0 radical (unpaired) electrons. The van der Waals surface area contributed by atoms with Gasteiger partial charge in [0, 0.05) is 5.69 Å².